The summed E-state index contributed by atoms with van der Waals surface area (Å²) in [6.07, 6.45) is 0.441. The van der Waals surface area contributed by atoms with Crippen LogP contribution in [0.2, 0.25) is 0 Å². The SMILES string of the molecule is C[C@@H]1CN(C(=O)Nc2ccccc2N2C[C@H](C)O[C@@H](C)C2)CCO1. The van der Waals surface area contributed by atoms with Gasteiger partial charge in [0.05, 0.1) is 36.3 Å². The van der Waals surface area contributed by atoms with Crippen LogP contribution in [0, 0.1) is 0 Å². The van der Waals surface area contributed by atoms with Gasteiger partial charge in [0.1, 0.15) is 0 Å². The van der Waals surface area contributed by atoms with Crippen molar-refractivity contribution in [1.82, 2.24) is 4.90 Å². The first-order chi connectivity index (χ1) is 11.5. The summed E-state index contributed by atoms with van der Waals surface area (Å²) in [6.45, 7) is 9.65. The van der Waals surface area contributed by atoms with E-state index in [1.165, 1.54) is 0 Å². The lowest BCUT2D eigenvalue weighted by Gasteiger charge is -2.38. The molecule has 2 amide bonds. The number of urea groups is 1. The molecule has 2 aliphatic heterocycles. The van der Waals surface area contributed by atoms with Gasteiger partial charge in [-0.25, -0.2) is 4.79 Å². The number of para-hydroxylation sites is 2. The molecule has 2 saturated heterocycles. The van der Waals surface area contributed by atoms with Gasteiger partial charge in [0, 0.05) is 26.2 Å². The molecule has 2 aliphatic rings. The number of ether oxygens (including phenoxy) is 2. The zero-order chi connectivity index (χ0) is 17.1. The van der Waals surface area contributed by atoms with Crippen molar-refractivity contribution >= 4 is 17.4 Å². The number of nitrogens with zero attached hydrogens (tertiary/aromatic N) is 2. The van der Waals surface area contributed by atoms with E-state index in [4.69, 9.17) is 9.47 Å². The molecule has 0 spiro atoms. The first-order valence-electron chi connectivity index (χ1n) is 8.70. The maximum absolute atomic E-state index is 12.6. The highest BCUT2D eigenvalue weighted by atomic mass is 16.5. The van der Waals surface area contributed by atoms with E-state index in [1.54, 1.807) is 0 Å². The zero-order valence-corrected chi connectivity index (χ0v) is 14.7. The summed E-state index contributed by atoms with van der Waals surface area (Å²) in [5, 5.41) is 3.08. The number of nitrogens with one attached hydrogen (secondary N) is 1. The summed E-state index contributed by atoms with van der Waals surface area (Å²) in [4.78, 5) is 16.7. The number of benzene rings is 1. The maximum Gasteiger partial charge on any atom is 0.322 e. The molecule has 2 heterocycles. The third kappa shape index (κ3) is 3.99. The van der Waals surface area contributed by atoms with Crippen LogP contribution < -0.4 is 10.2 Å². The van der Waals surface area contributed by atoms with Crippen molar-refractivity contribution in [3.8, 4) is 0 Å². The molecule has 2 fully saturated rings. The Morgan fingerprint density at radius 3 is 2.50 bits per heavy atom. The average molecular weight is 333 g/mol. The number of hydrogen-bond acceptors (Lipinski definition) is 4. The van der Waals surface area contributed by atoms with Gasteiger partial charge in [0.15, 0.2) is 0 Å². The van der Waals surface area contributed by atoms with Crippen LogP contribution in [0.5, 0.6) is 0 Å². The summed E-state index contributed by atoms with van der Waals surface area (Å²) in [5.41, 5.74) is 1.90. The Morgan fingerprint density at radius 1 is 1.08 bits per heavy atom. The van der Waals surface area contributed by atoms with Gasteiger partial charge in [-0.05, 0) is 32.9 Å². The standard InChI is InChI=1S/C18H27N3O3/c1-13-10-20(8-9-23-13)18(22)19-16-6-4-5-7-17(16)21-11-14(2)24-15(3)12-21/h4-7,13-15H,8-12H2,1-3H3,(H,19,22)/t13-,14+,15+/m1/s1. The van der Waals surface area contributed by atoms with Crippen molar-refractivity contribution in [2.45, 2.75) is 39.1 Å². The lowest BCUT2D eigenvalue weighted by molar-refractivity contribution is -0.00521. The highest BCUT2D eigenvalue weighted by Crippen LogP contribution is 2.28. The van der Waals surface area contributed by atoms with Crippen molar-refractivity contribution in [1.29, 1.82) is 0 Å². The Labute approximate surface area is 143 Å². The number of amides is 2. The van der Waals surface area contributed by atoms with E-state index >= 15 is 0 Å². The third-order valence-electron chi connectivity index (χ3n) is 4.43. The average Bonchev–Trinajstić information content (AvgIpc) is 2.54. The summed E-state index contributed by atoms with van der Waals surface area (Å²) in [5.74, 6) is 0. The van der Waals surface area contributed by atoms with E-state index in [1.807, 2.05) is 30.0 Å². The van der Waals surface area contributed by atoms with Crippen LogP contribution in [-0.4, -0.2) is 62.0 Å². The first kappa shape index (κ1) is 17.0. The molecule has 0 bridgehead atoms. The lowest BCUT2D eigenvalue weighted by Crippen LogP contribution is -2.47. The largest absolute Gasteiger partial charge is 0.375 e. The van der Waals surface area contributed by atoms with Gasteiger partial charge in [0.25, 0.3) is 0 Å². The third-order valence-corrected chi connectivity index (χ3v) is 4.43. The van der Waals surface area contributed by atoms with Gasteiger partial charge in [-0.1, -0.05) is 12.1 Å². The van der Waals surface area contributed by atoms with Crippen molar-refractivity contribution in [3.05, 3.63) is 24.3 Å². The van der Waals surface area contributed by atoms with Crippen LogP contribution in [0.1, 0.15) is 20.8 Å². The monoisotopic (exact) mass is 333 g/mol. The molecule has 0 radical (unpaired) electrons. The minimum Gasteiger partial charge on any atom is -0.375 e. The molecule has 3 rings (SSSR count). The second-order valence-electron chi connectivity index (χ2n) is 6.74. The quantitative estimate of drug-likeness (QED) is 0.904. The molecular formula is C18H27N3O3. The van der Waals surface area contributed by atoms with Crippen LogP contribution in [0.15, 0.2) is 24.3 Å². The molecule has 1 aromatic carbocycles. The molecule has 132 valence electrons. The summed E-state index contributed by atoms with van der Waals surface area (Å²) >= 11 is 0. The predicted octanol–water partition coefficient (Wildman–Crippen LogP) is 2.55. The lowest BCUT2D eigenvalue weighted by atomic mass is 10.1. The number of carbonyl (C=O) groups is 1. The first-order valence-corrected chi connectivity index (χ1v) is 8.70. The number of anilines is 2. The Bertz CT molecular complexity index is 570. The van der Waals surface area contributed by atoms with Crippen molar-refractivity contribution in [3.63, 3.8) is 0 Å². The highest BCUT2D eigenvalue weighted by molar-refractivity contribution is 5.93. The van der Waals surface area contributed by atoms with E-state index in [9.17, 15) is 4.79 Å². The molecule has 0 unspecified atom stereocenters. The van der Waals surface area contributed by atoms with Gasteiger partial charge in [-0.15, -0.1) is 0 Å². The van der Waals surface area contributed by atoms with Gasteiger partial charge in [0.2, 0.25) is 0 Å². The van der Waals surface area contributed by atoms with Crippen LogP contribution >= 0.6 is 0 Å². The molecule has 6 heteroatoms. The number of rotatable bonds is 2. The summed E-state index contributed by atoms with van der Waals surface area (Å²) < 4.78 is 11.3. The fourth-order valence-corrected chi connectivity index (χ4v) is 3.43. The number of hydrogen-bond donors (Lipinski definition) is 1. The topological polar surface area (TPSA) is 54.0 Å². The Balaban J connectivity index is 1.73. The van der Waals surface area contributed by atoms with Crippen molar-refractivity contribution in [2.75, 3.05) is 43.0 Å². The molecule has 0 saturated carbocycles. The van der Waals surface area contributed by atoms with Crippen LogP contribution in [0.4, 0.5) is 16.2 Å². The van der Waals surface area contributed by atoms with E-state index in [0.717, 1.165) is 24.5 Å². The molecule has 0 aliphatic carbocycles. The Hall–Kier alpha value is -1.79. The second kappa shape index (κ2) is 7.40. The Kier molecular flexibility index (Phi) is 5.26. The fraction of sp³-hybridized carbons (Fsp3) is 0.611. The number of morpholine rings is 2. The van der Waals surface area contributed by atoms with Crippen molar-refractivity contribution < 1.29 is 14.3 Å². The van der Waals surface area contributed by atoms with Crippen molar-refractivity contribution in [2.24, 2.45) is 0 Å². The maximum atomic E-state index is 12.6. The van der Waals surface area contributed by atoms with E-state index in [-0.39, 0.29) is 24.3 Å². The molecule has 3 atom stereocenters. The van der Waals surface area contributed by atoms with Crippen LogP contribution in [0.25, 0.3) is 0 Å². The summed E-state index contributed by atoms with van der Waals surface area (Å²) in [7, 11) is 0. The van der Waals surface area contributed by atoms with Gasteiger partial charge in [-0.2, -0.15) is 0 Å². The molecule has 1 N–H and O–H groups in total. The minimum absolute atomic E-state index is 0.0630. The second-order valence-corrected chi connectivity index (χ2v) is 6.74. The molecular weight excluding hydrogens is 306 g/mol. The normalized spacial score (nSPS) is 27.9. The minimum atomic E-state index is -0.0630. The molecule has 24 heavy (non-hydrogen) atoms. The molecule has 1 aromatic rings. The van der Waals surface area contributed by atoms with Crippen LogP contribution in [0.3, 0.4) is 0 Å². The highest BCUT2D eigenvalue weighted by Gasteiger charge is 2.26. The van der Waals surface area contributed by atoms with E-state index in [2.05, 4.69) is 30.1 Å². The Morgan fingerprint density at radius 2 is 1.79 bits per heavy atom. The molecule has 6 nitrogen and oxygen atoms in total. The van der Waals surface area contributed by atoms with Crippen LogP contribution in [-0.2, 0) is 9.47 Å². The number of carbonyl (C=O) groups excluding carboxylic acids is 1. The van der Waals surface area contributed by atoms with E-state index < -0.39 is 0 Å². The summed E-state index contributed by atoms with van der Waals surface area (Å²) in [6, 6.07) is 7.91. The van der Waals surface area contributed by atoms with Gasteiger partial charge in [-0.3, -0.25) is 0 Å². The molecule has 0 aromatic heterocycles. The smallest absolute Gasteiger partial charge is 0.322 e. The van der Waals surface area contributed by atoms with Gasteiger partial charge >= 0.3 is 6.03 Å². The fourth-order valence-electron chi connectivity index (χ4n) is 3.43. The predicted molar refractivity (Wildman–Crippen MR) is 94.7 cm³/mol. The van der Waals surface area contributed by atoms with E-state index in [0.29, 0.717) is 19.7 Å². The van der Waals surface area contributed by atoms with Gasteiger partial charge < -0.3 is 24.6 Å². The zero-order valence-electron chi connectivity index (χ0n) is 14.7.